The summed E-state index contributed by atoms with van der Waals surface area (Å²) in [5.41, 5.74) is 6.96. The molecule has 2 aromatic rings. The highest BCUT2D eigenvalue weighted by molar-refractivity contribution is 5.80. The maximum absolute atomic E-state index is 12.0. The predicted molar refractivity (Wildman–Crippen MR) is 59.6 cm³/mol. The van der Waals surface area contributed by atoms with Crippen LogP contribution in [0.15, 0.2) is 24.5 Å². The van der Waals surface area contributed by atoms with Gasteiger partial charge in [-0.2, -0.15) is 13.2 Å². The maximum atomic E-state index is 12.0. The molecule has 0 saturated carbocycles. The molecule has 0 amide bonds. The van der Waals surface area contributed by atoms with E-state index >= 15 is 0 Å². The molecule has 2 N–H and O–H groups in total. The number of nitrogens with two attached hydrogens (primary N) is 1. The van der Waals surface area contributed by atoms with Crippen LogP contribution < -0.4 is 5.73 Å². The molecule has 0 bridgehead atoms. The van der Waals surface area contributed by atoms with Crippen molar-refractivity contribution >= 4 is 11.0 Å². The first-order valence-electron chi connectivity index (χ1n) is 5.28. The van der Waals surface area contributed by atoms with E-state index in [-0.39, 0.29) is 6.73 Å². The second-order valence-corrected chi connectivity index (χ2v) is 3.80. The van der Waals surface area contributed by atoms with Crippen molar-refractivity contribution in [3.63, 3.8) is 0 Å². The van der Waals surface area contributed by atoms with E-state index in [2.05, 4.69) is 9.72 Å². The fourth-order valence-corrected chi connectivity index (χ4v) is 1.72. The molecule has 4 nitrogen and oxygen atoms in total. The summed E-state index contributed by atoms with van der Waals surface area (Å²) in [5.74, 6) is 0. The lowest BCUT2D eigenvalue weighted by Gasteiger charge is -2.08. The van der Waals surface area contributed by atoms with Crippen LogP contribution in [0.5, 0.6) is 0 Å². The summed E-state index contributed by atoms with van der Waals surface area (Å²) >= 11 is 0. The third kappa shape index (κ3) is 2.80. The fourth-order valence-electron chi connectivity index (χ4n) is 1.72. The Morgan fingerprint density at radius 3 is 2.83 bits per heavy atom. The molecule has 0 aliphatic rings. The van der Waals surface area contributed by atoms with Crippen LogP contribution in [0.2, 0.25) is 0 Å². The number of halogens is 3. The van der Waals surface area contributed by atoms with Crippen molar-refractivity contribution in [1.29, 1.82) is 0 Å². The molecule has 0 aliphatic carbocycles. The van der Waals surface area contributed by atoms with E-state index in [0.717, 1.165) is 10.9 Å². The smallest absolute Gasteiger partial charge is 0.351 e. The zero-order chi connectivity index (χ0) is 13.2. The van der Waals surface area contributed by atoms with Crippen LogP contribution in [0, 0.1) is 0 Å². The summed E-state index contributed by atoms with van der Waals surface area (Å²) in [5, 5.41) is 0.829. The van der Waals surface area contributed by atoms with E-state index in [4.69, 9.17) is 5.73 Å². The van der Waals surface area contributed by atoms with Crippen LogP contribution in [-0.4, -0.2) is 22.3 Å². The Morgan fingerprint density at radius 2 is 2.17 bits per heavy atom. The summed E-state index contributed by atoms with van der Waals surface area (Å²) in [6.45, 7) is -1.18. The summed E-state index contributed by atoms with van der Waals surface area (Å²) in [4.78, 5) is 4.11. The van der Waals surface area contributed by atoms with Gasteiger partial charge < -0.3 is 15.0 Å². The standard InChI is InChI=1S/C11H12F3N3O/c12-11(13,14)6-18-7-17-5-8(4-15)9-2-1-3-16-10(9)17/h1-3,5H,4,6-7,15H2. The Labute approximate surface area is 101 Å². The molecule has 0 radical (unpaired) electrons. The number of aromatic nitrogens is 2. The van der Waals surface area contributed by atoms with Gasteiger partial charge in [0, 0.05) is 24.3 Å². The highest BCUT2D eigenvalue weighted by atomic mass is 19.4. The molecule has 0 spiro atoms. The Kier molecular flexibility index (Phi) is 3.53. The van der Waals surface area contributed by atoms with Crippen molar-refractivity contribution in [2.75, 3.05) is 6.61 Å². The van der Waals surface area contributed by atoms with Gasteiger partial charge in [0.1, 0.15) is 19.0 Å². The van der Waals surface area contributed by atoms with Crippen molar-refractivity contribution in [3.8, 4) is 0 Å². The molecular formula is C11H12F3N3O. The predicted octanol–water partition coefficient (Wildman–Crippen LogP) is 2.03. The quantitative estimate of drug-likeness (QED) is 0.914. The van der Waals surface area contributed by atoms with Gasteiger partial charge in [-0.15, -0.1) is 0 Å². The molecule has 0 aromatic carbocycles. The van der Waals surface area contributed by atoms with Gasteiger partial charge in [0.05, 0.1) is 0 Å². The Morgan fingerprint density at radius 1 is 1.39 bits per heavy atom. The minimum Gasteiger partial charge on any atom is -0.351 e. The van der Waals surface area contributed by atoms with Gasteiger partial charge in [0.2, 0.25) is 0 Å². The summed E-state index contributed by atoms with van der Waals surface area (Å²) in [6, 6.07) is 3.58. The Bertz CT molecular complexity index is 536. The van der Waals surface area contributed by atoms with Crippen molar-refractivity contribution < 1.29 is 17.9 Å². The average molecular weight is 259 g/mol. The first-order valence-corrected chi connectivity index (χ1v) is 5.28. The molecule has 2 rings (SSSR count). The number of nitrogens with zero attached hydrogens (tertiary/aromatic N) is 2. The van der Waals surface area contributed by atoms with E-state index in [1.165, 1.54) is 4.57 Å². The monoisotopic (exact) mass is 259 g/mol. The highest BCUT2D eigenvalue weighted by Gasteiger charge is 2.27. The van der Waals surface area contributed by atoms with Crippen LogP contribution >= 0.6 is 0 Å². The molecule has 0 aliphatic heterocycles. The minimum absolute atomic E-state index is 0.201. The Hall–Kier alpha value is -1.60. The van der Waals surface area contributed by atoms with E-state index in [1.54, 1.807) is 18.5 Å². The molecule has 98 valence electrons. The van der Waals surface area contributed by atoms with Crippen molar-refractivity contribution in [2.45, 2.75) is 19.5 Å². The molecule has 0 saturated heterocycles. The number of hydrogen-bond donors (Lipinski definition) is 1. The largest absolute Gasteiger partial charge is 0.411 e. The van der Waals surface area contributed by atoms with Crippen LogP contribution in [-0.2, 0) is 18.0 Å². The van der Waals surface area contributed by atoms with Crippen LogP contribution in [0.1, 0.15) is 5.56 Å². The third-order valence-corrected chi connectivity index (χ3v) is 2.43. The second kappa shape index (κ2) is 4.95. The lowest BCUT2D eigenvalue weighted by Crippen LogP contribution is -2.18. The molecule has 2 heterocycles. The second-order valence-electron chi connectivity index (χ2n) is 3.80. The van der Waals surface area contributed by atoms with Crippen molar-refractivity contribution in [2.24, 2.45) is 5.73 Å². The number of fused-ring (bicyclic) bond motifs is 1. The topological polar surface area (TPSA) is 53.1 Å². The summed E-state index contributed by atoms with van der Waals surface area (Å²) in [6.07, 6.45) is -1.09. The van der Waals surface area contributed by atoms with Gasteiger partial charge in [-0.05, 0) is 17.7 Å². The van der Waals surface area contributed by atoms with Gasteiger partial charge in [-0.3, -0.25) is 0 Å². The SMILES string of the molecule is NCc1cn(COCC(F)(F)F)c2ncccc12. The van der Waals surface area contributed by atoms with Crippen molar-refractivity contribution in [1.82, 2.24) is 9.55 Å². The van der Waals surface area contributed by atoms with E-state index < -0.39 is 12.8 Å². The first kappa shape index (κ1) is 12.8. The number of hydrogen-bond acceptors (Lipinski definition) is 3. The zero-order valence-electron chi connectivity index (χ0n) is 9.44. The third-order valence-electron chi connectivity index (χ3n) is 2.43. The normalized spacial score (nSPS) is 12.2. The lowest BCUT2D eigenvalue weighted by atomic mass is 10.2. The van der Waals surface area contributed by atoms with E-state index in [1.807, 2.05) is 6.07 Å². The van der Waals surface area contributed by atoms with Gasteiger partial charge in [-0.25, -0.2) is 4.98 Å². The van der Waals surface area contributed by atoms with E-state index in [0.29, 0.717) is 12.2 Å². The number of alkyl halides is 3. The molecule has 0 unspecified atom stereocenters. The van der Waals surface area contributed by atoms with Gasteiger partial charge in [0.25, 0.3) is 0 Å². The first-order chi connectivity index (χ1) is 8.51. The zero-order valence-corrected chi connectivity index (χ0v) is 9.44. The molecule has 7 heteroatoms. The molecule has 0 atom stereocenters. The average Bonchev–Trinajstić information content (AvgIpc) is 2.66. The summed E-state index contributed by atoms with van der Waals surface area (Å²) < 4.78 is 42.0. The van der Waals surface area contributed by atoms with Crippen LogP contribution in [0.25, 0.3) is 11.0 Å². The van der Waals surface area contributed by atoms with E-state index in [9.17, 15) is 13.2 Å². The van der Waals surface area contributed by atoms with Crippen LogP contribution in [0.3, 0.4) is 0 Å². The minimum atomic E-state index is -4.33. The Balaban J connectivity index is 2.18. The van der Waals surface area contributed by atoms with Gasteiger partial charge in [0.15, 0.2) is 0 Å². The van der Waals surface area contributed by atoms with Gasteiger partial charge >= 0.3 is 6.18 Å². The maximum Gasteiger partial charge on any atom is 0.411 e. The molecular weight excluding hydrogens is 247 g/mol. The molecule has 18 heavy (non-hydrogen) atoms. The van der Waals surface area contributed by atoms with Crippen molar-refractivity contribution in [3.05, 3.63) is 30.1 Å². The van der Waals surface area contributed by atoms with Gasteiger partial charge in [-0.1, -0.05) is 0 Å². The number of ether oxygens (including phenoxy) is 1. The lowest BCUT2D eigenvalue weighted by molar-refractivity contribution is -0.181. The fraction of sp³-hybridized carbons (Fsp3) is 0.364. The molecule has 2 aromatic heterocycles. The highest BCUT2D eigenvalue weighted by Crippen LogP contribution is 2.20. The number of pyridine rings is 1. The molecule has 0 fully saturated rings. The number of rotatable bonds is 4. The van der Waals surface area contributed by atoms with Crippen LogP contribution in [0.4, 0.5) is 13.2 Å². The summed E-state index contributed by atoms with van der Waals surface area (Å²) in [7, 11) is 0.